The third-order valence-corrected chi connectivity index (χ3v) is 5.17. The summed E-state index contributed by atoms with van der Waals surface area (Å²) < 4.78 is 16.4. The van der Waals surface area contributed by atoms with Gasteiger partial charge in [-0.25, -0.2) is 0 Å². The molecule has 0 radical (unpaired) electrons. The summed E-state index contributed by atoms with van der Waals surface area (Å²) >= 11 is 0. The number of hydrogen-bond donors (Lipinski definition) is 0. The smallest absolute Gasteiger partial charge is 0.259 e. The van der Waals surface area contributed by atoms with Gasteiger partial charge in [-0.2, -0.15) is 4.98 Å². The van der Waals surface area contributed by atoms with Crippen molar-refractivity contribution >= 4 is 5.91 Å². The van der Waals surface area contributed by atoms with Crippen molar-refractivity contribution in [2.45, 2.75) is 31.8 Å². The normalized spacial score (nSPS) is 17.7. The average molecular weight is 373 g/mol. The molecule has 1 aliphatic heterocycles. The Labute approximate surface area is 159 Å². The van der Waals surface area contributed by atoms with Crippen molar-refractivity contribution < 1.29 is 18.8 Å². The fourth-order valence-electron chi connectivity index (χ4n) is 3.52. The SMILES string of the molecule is COC[C@@H](C)C(=O)N1CCC(OC)(c2nc(Cc3ccccc3)no2)CC1. The van der Waals surface area contributed by atoms with Gasteiger partial charge in [0.25, 0.3) is 5.89 Å². The van der Waals surface area contributed by atoms with Gasteiger partial charge in [-0.1, -0.05) is 42.4 Å². The maximum Gasteiger partial charge on any atom is 0.259 e. The van der Waals surface area contributed by atoms with Gasteiger partial charge in [-0.15, -0.1) is 0 Å². The second-order valence-corrected chi connectivity index (χ2v) is 7.06. The molecule has 0 spiro atoms. The van der Waals surface area contributed by atoms with Crippen molar-refractivity contribution in [3.05, 3.63) is 47.6 Å². The molecule has 0 unspecified atom stereocenters. The Hall–Kier alpha value is -2.25. The van der Waals surface area contributed by atoms with E-state index >= 15 is 0 Å². The first-order valence-corrected chi connectivity index (χ1v) is 9.28. The van der Waals surface area contributed by atoms with Crippen molar-refractivity contribution in [2.75, 3.05) is 33.9 Å². The van der Waals surface area contributed by atoms with E-state index in [1.807, 2.05) is 42.2 Å². The third-order valence-electron chi connectivity index (χ3n) is 5.17. The molecule has 0 saturated carbocycles. The lowest BCUT2D eigenvalue weighted by Crippen LogP contribution is -2.48. The number of piperidine rings is 1. The van der Waals surface area contributed by atoms with E-state index in [2.05, 4.69) is 10.1 Å². The van der Waals surface area contributed by atoms with Gasteiger partial charge < -0.3 is 18.9 Å². The predicted octanol–water partition coefficient (Wildman–Crippen LogP) is 2.41. The van der Waals surface area contributed by atoms with Crippen LogP contribution in [-0.2, 0) is 26.3 Å². The van der Waals surface area contributed by atoms with Gasteiger partial charge in [0.1, 0.15) is 5.60 Å². The maximum absolute atomic E-state index is 12.5. The Bertz CT molecular complexity index is 739. The van der Waals surface area contributed by atoms with Crippen LogP contribution in [0.3, 0.4) is 0 Å². The number of carbonyl (C=O) groups excluding carboxylic acids is 1. The lowest BCUT2D eigenvalue weighted by molar-refractivity contribution is -0.144. The van der Waals surface area contributed by atoms with E-state index in [9.17, 15) is 4.79 Å². The van der Waals surface area contributed by atoms with Gasteiger partial charge in [-0.05, 0) is 5.56 Å². The third kappa shape index (κ3) is 4.36. The molecule has 1 aliphatic rings. The summed E-state index contributed by atoms with van der Waals surface area (Å²) in [5, 5.41) is 4.12. The lowest BCUT2D eigenvalue weighted by atomic mass is 9.90. The highest BCUT2D eigenvalue weighted by atomic mass is 16.5. The zero-order valence-corrected chi connectivity index (χ0v) is 16.2. The van der Waals surface area contributed by atoms with Gasteiger partial charge >= 0.3 is 0 Å². The molecule has 0 N–H and O–H groups in total. The number of methoxy groups -OCH3 is 2. The highest BCUT2D eigenvalue weighted by molar-refractivity contribution is 5.78. The molecule has 0 bridgehead atoms. The Morgan fingerprint density at radius 2 is 1.96 bits per heavy atom. The van der Waals surface area contributed by atoms with E-state index in [0.29, 0.717) is 50.7 Å². The molecule has 3 rings (SSSR count). The number of likely N-dealkylation sites (tertiary alicyclic amines) is 1. The molecule has 2 heterocycles. The summed E-state index contributed by atoms with van der Waals surface area (Å²) in [4.78, 5) is 18.9. The van der Waals surface area contributed by atoms with Crippen LogP contribution in [0.1, 0.15) is 37.0 Å². The highest BCUT2D eigenvalue weighted by Crippen LogP contribution is 2.35. The molecule has 146 valence electrons. The van der Waals surface area contributed by atoms with Crippen LogP contribution in [0.5, 0.6) is 0 Å². The van der Waals surface area contributed by atoms with Crippen LogP contribution in [0.25, 0.3) is 0 Å². The molecular weight excluding hydrogens is 346 g/mol. The zero-order valence-electron chi connectivity index (χ0n) is 16.2. The number of amides is 1. The minimum Gasteiger partial charge on any atom is -0.384 e. The van der Waals surface area contributed by atoms with E-state index in [4.69, 9.17) is 14.0 Å². The summed E-state index contributed by atoms with van der Waals surface area (Å²) in [6.45, 7) is 3.50. The van der Waals surface area contributed by atoms with Gasteiger partial charge in [-0.3, -0.25) is 4.79 Å². The fraction of sp³-hybridized carbons (Fsp3) is 0.550. The van der Waals surface area contributed by atoms with Crippen molar-refractivity contribution in [3.63, 3.8) is 0 Å². The molecule has 27 heavy (non-hydrogen) atoms. The minimum absolute atomic E-state index is 0.108. The summed E-state index contributed by atoms with van der Waals surface area (Å²) in [6, 6.07) is 10.0. The first-order valence-electron chi connectivity index (χ1n) is 9.28. The fourth-order valence-corrected chi connectivity index (χ4v) is 3.52. The Balaban J connectivity index is 1.66. The largest absolute Gasteiger partial charge is 0.384 e. The number of aromatic nitrogens is 2. The van der Waals surface area contributed by atoms with Crippen molar-refractivity contribution in [1.29, 1.82) is 0 Å². The molecule has 2 aromatic rings. The van der Waals surface area contributed by atoms with Gasteiger partial charge in [0.2, 0.25) is 5.91 Å². The number of hydrogen-bond acceptors (Lipinski definition) is 6. The number of rotatable bonds is 7. The molecule has 1 aromatic heterocycles. The zero-order chi connectivity index (χ0) is 19.3. The quantitative estimate of drug-likeness (QED) is 0.742. The van der Waals surface area contributed by atoms with Crippen LogP contribution in [0.15, 0.2) is 34.9 Å². The highest BCUT2D eigenvalue weighted by Gasteiger charge is 2.42. The second-order valence-electron chi connectivity index (χ2n) is 7.06. The second kappa shape index (κ2) is 8.63. The number of benzene rings is 1. The number of ether oxygens (including phenoxy) is 2. The van der Waals surface area contributed by atoms with Gasteiger partial charge in [0, 0.05) is 46.6 Å². The summed E-state index contributed by atoms with van der Waals surface area (Å²) in [5.74, 6) is 1.09. The van der Waals surface area contributed by atoms with Crippen LogP contribution < -0.4 is 0 Å². The van der Waals surface area contributed by atoms with Crippen LogP contribution >= 0.6 is 0 Å². The van der Waals surface area contributed by atoms with Crippen LogP contribution in [-0.4, -0.2) is 54.9 Å². The Morgan fingerprint density at radius 1 is 1.26 bits per heavy atom. The summed E-state index contributed by atoms with van der Waals surface area (Å²) in [5.41, 5.74) is 0.493. The minimum atomic E-state index is -0.636. The number of carbonyl (C=O) groups is 1. The standard InChI is InChI=1S/C20H27N3O4/c1-15(14-25-2)18(24)23-11-9-20(26-3,10-12-23)19-21-17(22-27-19)13-16-7-5-4-6-8-16/h4-8,15H,9-14H2,1-3H3/t15-/m1/s1. The van der Waals surface area contributed by atoms with Crippen LogP contribution in [0.4, 0.5) is 0 Å². The number of nitrogens with zero attached hydrogens (tertiary/aromatic N) is 3. The monoisotopic (exact) mass is 373 g/mol. The molecule has 0 aliphatic carbocycles. The van der Waals surface area contributed by atoms with Crippen LogP contribution in [0, 0.1) is 5.92 Å². The van der Waals surface area contributed by atoms with E-state index in [0.717, 1.165) is 5.56 Å². The van der Waals surface area contributed by atoms with Gasteiger partial charge in [0.15, 0.2) is 5.82 Å². The van der Waals surface area contributed by atoms with E-state index in [1.54, 1.807) is 14.2 Å². The maximum atomic E-state index is 12.5. The molecule has 1 atom stereocenters. The molecular formula is C20H27N3O4. The van der Waals surface area contributed by atoms with E-state index in [-0.39, 0.29) is 11.8 Å². The Morgan fingerprint density at radius 3 is 2.59 bits per heavy atom. The molecule has 1 saturated heterocycles. The lowest BCUT2D eigenvalue weighted by Gasteiger charge is -2.39. The molecule has 1 aromatic carbocycles. The first-order chi connectivity index (χ1) is 13.1. The van der Waals surface area contributed by atoms with Gasteiger partial charge in [0.05, 0.1) is 12.5 Å². The van der Waals surface area contributed by atoms with Crippen molar-refractivity contribution in [1.82, 2.24) is 15.0 Å². The summed E-state index contributed by atoms with van der Waals surface area (Å²) in [6.07, 6.45) is 1.87. The molecule has 1 fully saturated rings. The van der Waals surface area contributed by atoms with Crippen LogP contribution in [0.2, 0.25) is 0 Å². The average Bonchev–Trinajstić information content (AvgIpc) is 3.17. The van der Waals surface area contributed by atoms with E-state index in [1.165, 1.54) is 0 Å². The predicted molar refractivity (Wildman–Crippen MR) is 99.1 cm³/mol. The summed E-state index contributed by atoms with van der Waals surface area (Å²) in [7, 11) is 3.27. The molecule has 7 nitrogen and oxygen atoms in total. The van der Waals surface area contributed by atoms with Crippen molar-refractivity contribution in [3.8, 4) is 0 Å². The van der Waals surface area contributed by atoms with E-state index < -0.39 is 5.60 Å². The molecule has 1 amide bonds. The van der Waals surface area contributed by atoms with Crippen molar-refractivity contribution in [2.24, 2.45) is 5.92 Å². The molecule has 7 heteroatoms. The first kappa shape index (κ1) is 19.5. The topological polar surface area (TPSA) is 77.7 Å². The Kier molecular flexibility index (Phi) is 6.23.